The Balaban J connectivity index is 1.91. The maximum atomic E-state index is 13.8. The van der Waals surface area contributed by atoms with Crippen molar-refractivity contribution in [1.29, 1.82) is 0 Å². The summed E-state index contributed by atoms with van der Waals surface area (Å²) < 4.78 is 52.4. The summed E-state index contributed by atoms with van der Waals surface area (Å²) in [5.74, 6) is 0.0778. The zero-order valence-electron chi connectivity index (χ0n) is 16.9. The second-order valence-electron chi connectivity index (χ2n) is 7.33. The molecule has 0 fully saturated rings. The summed E-state index contributed by atoms with van der Waals surface area (Å²) in [5, 5.41) is 2.72. The van der Waals surface area contributed by atoms with Crippen molar-refractivity contribution >= 4 is 21.6 Å². The quantitative estimate of drug-likeness (QED) is 0.688. The highest BCUT2D eigenvalue weighted by atomic mass is 32.2. The van der Waals surface area contributed by atoms with Crippen LogP contribution in [0.4, 0.5) is 10.1 Å². The van der Waals surface area contributed by atoms with Gasteiger partial charge in [-0.1, -0.05) is 19.9 Å². The third kappa shape index (κ3) is 5.21. The fourth-order valence-corrected chi connectivity index (χ4v) is 4.37. The van der Waals surface area contributed by atoms with Crippen LogP contribution in [0, 0.1) is 11.7 Å². The molecule has 0 radical (unpaired) electrons. The molecule has 0 spiro atoms. The molecule has 1 amide bonds. The molecule has 0 saturated carbocycles. The van der Waals surface area contributed by atoms with E-state index in [0.29, 0.717) is 37.2 Å². The Morgan fingerprint density at radius 2 is 1.87 bits per heavy atom. The van der Waals surface area contributed by atoms with Gasteiger partial charge in [-0.25, -0.2) is 12.8 Å². The van der Waals surface area contributed by atoms with Crippen molar-refractivity contribution in [2.45, 2.75) is 25.2 Å². The Bertz CT molecular complexity index is 1010. The molecular weight excluding hydrogens is 411 g/mol. The lowest BCUT2D eigenvalue weighted by atomic mass is 10.1. The number of halogens is 1. The Kier molecular flexibility index (Phi) is 6.81. The molecule has 1 aliphatic rings. The first-order valence-corrected chi connectivity index (χ1v) is 11.2. The van der Waals surface area contributed by atoms with E-state index in [1.807, 2.05) is 13.8 Å². The first-order valence-electron chi connectivity index (χ1n) is 9.72. The number of ether oxygens (including phenoxy) is 2. The predicted octanol–water partition coefficient (Wildman–Crippen LogP) is 2.95. The molecule has 1 N–H and O–H groups in total. The Hall–Kier alpha value is -2.81. The van der Waals surface area contributed by atoms with Gasteiger partial charge in [0, 0.05) is 12.6 Å². The summed E-state index contributed by atoms with van der Waals surface area (Å²) in [5.41, 5.74) is 0.0592. The molecule has 2 aromatic rings. The second-order valence-corrected chi connectivity index (χ2v) is 9.19. The standard InChI is InChI=1S/C21H25FN2O5S/c1-15(2)8-9-23-21(25)14-24(17-5-3-4-16(22)12-17)30(26,27)18-6-7-19-20(13-18)29-11-10-28-19/h3-7,12-13,15H,8-11,14H2,1-2H3,(H,23,25). The fraction of sp³-hybridized carbons (Fsp3) is 0.381. The van der Waals surface area contributed by atoms with E-state index >= 15 is 0 Å². The minimum atomic E-state index is -4.17. The monoisotopic (exact) mass is 436 g/mol. The van der Waals surface area contributed by atoms with Crippen LogP contribution in [0.3, 0.4) is 0 Å². The van der Waals surface area contributed by atoms with Gasteiger partial charge in [0.05, 0.1) is 10.6 Å². The molecule has 0 aliphatic carbocycles. The molecule has 9 heteroatoms. The SMILES string of the molecule is CC(C)CCNC(=O)CN(c1cccc(F)c1)S(=O)(=O)c1ccc2c(c1)OCCO2. The van der Waals surface area contributed by atoms with E-state index in [0.717, 1.165) is 16.8 Å². The summed E-state index contributed by atoms with van der Waals surface area (Å²) in [6.45, 7) is 4.69. The topological polar surface area (TPSA) is 84.9 Å². The van der Waals surface area contributed by atoms with E-state index in [2.05, 4.69) is 5.32 Å². The minimum Gasteiger partial charge on any atom is -0.486 e. The van der Waals surface area contributed by atoms with Crippen LogP contribution >= 0.6 is 0 Å². The third-order valence-corrected chi connectivity index (χ3v) is 6.30. The van der Waals surface area contributed by atoms with Gasteiger partial charge in [-0.3, -0.25) is 9.10 Å². The zero-order valence-corrected chi connectivity index (χ0v) is 17.7. The van der Waals surface area contributed by atoms with Crippen LogP contribution in [0.1, 0.15) is 20.3 Å². The number of nitrogens with zero attached hydrogens (tertiary/aromatic N) is 1. The number of benzene rings is 2. The Morgan fingerprint density at radius 3 is 2.57 bits per heavy atom. The number of anilines is 1. The fourth-order valence-electron chi connectivity index (χ4n) is 2.94. The molecule has 162 valence electrons. The Morgan fingerprint density at radius 1 is 1.13 bits per heavy atom. The number of sulfonamides is 1. The summed E-state index contributed by atoms with van der Waals surface area (Å²) >= 11 is 0. The number of carbonyl (C=O) groups is 1. The molecule has 7 nitrogen and oxygen atoms in total. The number of fused-ring (bicyclic) bond motifs is 1. The first kappa shape index (κ1) is 21.9. The molecule has 30 heavy (non-hydrogen) atoms. The molecule has 1 aliphatic heterocycles. The number of hydrogen-bond donors (Lipinski definition) is 1. The molecule has 0 atom stereocenters. The van der Waals surface area contributed by atoms with E-state index in [9.17, 15) is 17.6 Å². The van der Waals surface area contributed by atoms with Crippen molar-refractivity contribution in [3.05, 3.63) is 48.3 Å². The van der Waals surface area contributed by atoms with Crippen LogP contribution in [-0.4, -0.2) is 40.6 Å². The van der Waals surface area contributed by atoms with Gasteiger partial charge in [-0.15, -0.1) is 0 Å². The van der Waals surface area contributed by atoms with E-state index < -0.39 is 28.3 Å². The lowest BCUT2D eigenvalue weighted by Crippen LogP contribution is -2.41. The highest BCUT2D eigenvalue weighted by Gasteiger charge is 2.29. The van der Waals surface area contributed by atoms with E-state index in [-0.39, 0.29) is 10.6 Å². The average molecular weight is 437 g/mol. The van der Waals surface area contributed by atoms with Crippen molar-refractivity contribution in [3.8, 4) is 11.5 Å². The number of rotatable bonds is 8. The predicted molar refractivity (Wildman–Crippen MR) is 111 cm³/mol. The molecule has 0 saturated heterocycles. The zero-order chi connectivity index (χ0) is 21.7. The summed E-state index contributed by atoms with van der Waals surface area (Å²) in [4.78, 5) is 12.4. The number of carbonyl (C=O) groups excluding carboxylic acids is 1. The second kappa shape index (κ2) is 9.34. The van der Waals surface area contributed by atoms with Crippen molar-refractivity contribution < 1.29 is 27.1 Å². The molecule has 0 bridgehead atoms. The Labute approximate surface area is 175 Å². The van der Waals surface area contributed by atoms with Gasteiger partial charge in [0.1, 0.15) is 25.6 Å². The van der Waals surface area contributed by atoms with E-state index in [1.54, 1.807) is 0 Å². The summed E-state index contributed by atoms with van der Waals surface area (Å²) in [6.07, 6.45) is 0.765. The maximum Gasteiger partial charge on any atom is 0.264 e. The van der Waals surface area contributed by atoms with Gasteiger partial charge in [0.2, 0.25) is 5.91 Å². The van der Waals surface area contributed by atoms with Gasteiger partial charge in [0.25, 0.3) is 10.0 Å². The van der Waals surface area contributed by atoms with Gasteiger partial charge in [-0.05, 0) is 42.7 Å². The lowest BCUT2D eigenvalue weighted by Gasteiger charge is -2.25. The van der Waals surface area contributed by atoms with Crippen molar-refractivity contribution in [3.63, 3.8) is 0 Å². The van der Waals surface area contributed by atoms with Crippen LogP contribution < -0.4 is 19.1 Å². The number of nitrogens with one attached hydrogen (secondary N) is 1. The minimum absolute atomic E-state index is 0.0592. The molecule has 0 unspecified atom stereocenters. The van der Waals surface area contributed by atoms with Crippen LogP contribution in [0.15, 0.2) is 47.4 Å². The van der Waals surface area contributed by atoms with Crippen molar-refractivity contribution in [2.24, 2.45) is 5.92 Å². The molecular formula is C21H25FN2O5S. The summed E-state index contributed by atoms with van der Waals surface area (Å²) in [7, 11) is -4.17. The first-order chi connectivity index (χ1) is 14.3. The van der Waals surface area contributed by atoms with Crippen LogP contribution in [0.25, 0.3) is 0 Å². The normalized spacial score (nSPS) is 13.2. The van der Waals surface area contributed by atoms with Gasteiger partial charge in [0.15, 0.2) is 11.5 Å². The summed E-state index contributed by atoms with van der Waals surface area (Å²) in [6, 6.07) is 9.37. The van der Waals surface area contributed by atoms with Gasteiger partial charge < -0.3 is 14.8 Å². The third-order valence-electron chi connectivity index (χ3n) is 4.53. The molecule has 0 aromatic heterocycles. The smallest absolute Gasteiger partial charge is 0.264 e. The van der Waals surface area contributed by atoms with Gasteiger partial charge in [-0.2, -0.15) is 0 Å². The highest BCUT2D eigenvalue weighted by Crippen LogP contribution is 2.34. The van der Waals surface area contributed by atoms with Crippen LogP contribution in [-0.2, 0) is 14.8 Å². The lowest BCUT2D eigenvalue weighted by molar-refractivity contribution is -0.119. The van der Waals surface area contributed by atoms with Crippen molar-refractivity contribution in [1.82, 2.24) is 5.32 Å². The average Bonchev–Trinajstić information content (AvgIpc) is 2.71. The van der Waals surface area contributed by atoms with Crippen LogP contribution in [0.2, 0.25) is 0 Å². The number of hydrogen-bond acceptors (Lipinski definition) is 5. The van der Waals surface area contributed by atoms with Crippen LogP contribution in [0.5, 0.6) is 11.5 Å². The van der Waals surface area contributed by atoms with Crippen molar-refractivity contribution in [2.75, 3.05) is 30.6 Å². The molecule has 1 heterocycles. The maximum absolute atomic E-state index is 13.8. The largest absolute Gasteiger partial charge is 0.486 e. The molecule has 2 aromatic carbocycles. The number of amides is 1. The van der Waals surface area contributed by atoms with E-state index in [4.69, 9.17) is 9.47 Å². The van der Waals surface area contributed by atoms with E-state index in [1.165, 1.54) is 36.4 Å². The van der Waals surface area contributed by atoms with Gasteiger partial charge >= 0.3 is 0 Å². The highest BCUT2D eigenvalue weighted by molar-refractivity contribution is 7.92. The molecule has 3 rings (SSSR count).